The van der Waals surface area contributed by atoms with Crippen LogP contribution in [-0.2, 0) is 13.1 Å². The molecule has 1 aliphatic rings. The molecule has 0 spiro atoms. The summed E-state index contributed by atoms with van der Waals surface area (Å²) in [6.45, 7) is 6.26. The molecule has 1 fully saturated rings. The molecule has 4 nitrogen and oxygen atoms in total. The van der Waals surface area contributed by atoms with Crippen molar-refractivity contribution in [3.63, 3.8) is 0 Å². The summed E-state index contributed by atoms with van der Waals surface area (Å²) < 4.78 is 0. The number of nitrogens with zero attached hydrogens (tertiary/aromatic N) is 3. The second-order valence-electron chi connectivity index (χ2n) is 5.35. The summed E-state index contributed by atoms with van der Waals surface area (Å²) in [4.78, 5) is 10.3. The van der Waals surface area contributed by atoms with Crippen molar-refractivity contribution in [2.24, 2.45) is 0 Å². The maximum Gasteiger partial charge on any atom is 0.180 e. The lowest BCUT2D eigenvalue weighted by atomic mass is 10.2. The number of nitrogens with two attached hydrogens (primary N) is 1. The van der Waals surface area contributed by atoms with Crippen LogP contribution in [0.1, 0.15) is 10.4 Å². The van der Waals surface area contributed by atoms with Crippen molar-refractivity contribution < 1.29 is 0 Å². The minimum atomic E-state index is 0.657. The highest BCUT2D eigenvalue weighted by Gasteiger charge is 2.17. The van der Waals surface area contributed by atoms with E-state index in [0.717, 1.165) is 44.3 Å². The van der Waals surface area contributed by atoms with E-state index < -0.39 is 0 Å². The topological polar surface area (TPSA) is 45.4 Å². The van der Waals surface area contributed by atoms with Gasteiger partial charge in [-0.05, 0) is 17.7 Å². The number of piperazine rings is 1. The monoisotopic (exact) mass is 322 g/mol. The van der Waals surface area contributed by atoms with Crippen LogP contribution in [-0.4, -0.2) is 41.0 Å². The lowest BCUT2D eigenvalue weighted by Gasteiger charge is -2.34. The molecule has 2 aromatic rings. The van der Waals surface area contributed by atoms with E-state index >= 15 is 0 Å². The second kappa shape index (κ2) is 6.75. The van der Waals surface area contributed by atoms with E-state index in [1.807, 2.05) is 24.4 Å². The van der Waals surface area contributed by atoms with E-state index in [9.17, 15) is 0 Å². The normalized spacial score (nSPS) is 17.2. The van der Waals surface area contributed by atoms with Gasteiger partial charge >= 0.3 is 0 Å². The molecule has 0 amide bonds. The Balaban J connectivity index is 1.48. The van der Waals surface area contributed by atoms with Crippen LogP contribution >= 0.6 is 22.9 Å². The molecule has 1 aliphatic heterocycles. The molecule has 0 aliphatic carbocycles. The molecule has 1 aromatic carbocycles. The SMILES string of the molecule is Nc1ncc(CN2CCN(Cc3cccc(Cl)c3)CC2)s1. The van der Waals surface area contributed by atoms with Gasteiger partial charge in [-0.3, -0.25) is 9.80 Å². The summed E-state index contributed by atoms with van der Waals surface area (Å²) in [5, 5.41) is 1.47. The molecule has 21 heavy (non-hydrogen) atoms. The quantitative estimate of drug-likeness (QED) is 0.940. The summed E-state index contributed by atoms with van der Waals surface area (Å²) in [6, 6.07) is 8.12. The minimum Gasteiger partial charge on any atom is -0.375 e. The zero-order valence-corrected chi connectivity index (χ0v) is 13.4. The minimum absolute atomic E-state index is 0.657. The summed E-state index contributed by atoms with van der Waals surface area (Å²) in [7, 11) is 0. The van der Waals surface area contributed by atoms with Gasteiger partial charge in [-0.1, -0.05) is 23.7 Å². The molecule has 3 rings (SSSR count). The van der Waals surface area contributed by atoms with Crippen LogP contribution in [0.15, 0.2) is 30.5 Å². The van der Waals surface area contributed by atoms with Crippen LogP contribution in [0.4, 0.5) is 5.13 Å². The fourth-order valence-corrected chi connectivity index (χ4v) is 3.55. The van der Waals surface area contributed by atoms with E-state index in [1.54, 1.807) is 11.3 Å². The Bertz CT molecular complexity index is 593. The van der Waals surface area contributed by atoms with Crippen molar-refractivity contribution in [1.29, 1.82) is 0 Å². The highest BCUT2D eigenvalue weighted by molar-refractivity contribution is 7.15. The van der Waals surface area contributed by atoms with Crippen LogP contribution in [0.2, 0.25) is 5.02 Å². The number of aromatic nitrogens is 1. The Morgan fingerprint density at radius 2 is 1.86 bits per heavy atom. The second-order valence-corrected chi connectivity index (χ2v) is 6.93. The number of thiazole rings is 1. The van der Waals surface area contributed by atoms with E-state index in [0.29, 0.717) is 5.13 Å². The van der Waals surface area contributed by atoms with Gasteiger partial charge < -0.3 is 5.73 Å². The standard InChI is InChI=1S/C15H19ClN4S/c16-13-3-1-2-12(8-13)10-19-4-6-20(7-5-19)11-14-9-18-15(17)21-14/h1-3,8-9H,4-7,10-11H2,(H2,17,18). The maximum absolute atomic E-state index is 6.04. The molecule has 2 N–H and O–H groups in total. The lowest BCUT2D eigenvalue weighted by Crippen LogP contribution is -2.45. The molecular formula is C15H19ClN4S. The van der Waals surface area contributed by atoms with Crippen molar-refractivity contribution in [1.82, 2.24) is 14.8 Å². The predicted octanol–water partition coefficient (Wildman–Crippen LogP) is 2.70. The van der Waals surface area contributed by atoms with Gasteiger partial charge in [0, 0.05) is 55.4 Å². The van der Waals surface area contributed by atoms with Crippen molar-refractivity contribution >= 4 is 28.1 Å². The molecule has 6 heteroatoms. The van der Waals surface area contributed by atoms with Gasteiger partial charge in [-0.25, -0.2) is 4.98 Å². The third kappa shape index (κ3) is 4.17. The first-order valence-electron chi connectivity index (χ1n) is 7.08. The first kappa shape index (κ1) is 14.8. The van der Waals surface area contributed by atoms with Crippen LogP contribution in [0, 0.1) is 0 Å². The zero-order valence-electron chi connectivity index (χ0n) is 11.8. The van der Waals surface area contributed by atoms with Crippen LogP contribution in [0.3, 0.4) is 0 Å². The molecule has 2 heterocycles. The predicted molar refractivity (Wildman–Crippen MR) is 88.5 cm³/mol. The van der Waals surface area contributed by atoms with Gasteiger partial charge in [0.1, 0.15) is 0 Å². The molecule has 0 saturated carbocycles. The van der Waals surface area contributed by atoms with Crippen molar-refractivity contribution in [2.45, 2.75) is 13.1 Å². The Hall–Kier alpha value is -1.14. The van der Waals surface area contributed by atoms with Crippen molar-refractivity contribution in [2.75, 3.05) is 31.9 Å². The fraction of sp³-hybridized carbons (Fsp3) is 0.400. The molecular weight excluding hydrogens is 304 g/mol. The number of benzene rings is 1. The van der Waals surface area contributed by atoms with Crippen LogP contribution in [0.25, 0.3) is 0 Å². The van der Waals surface area contributed by atoms with Crippen molar-refractivity contribution in [3.05, 3.63) is 45.9 Å². The highest BCUT2D eigenvalue weighted by atomic mass is 35.5. The molecule has 0 unspecified atom stereocenters. The average Bonchev–Trinajstić information content (AvgIpc) is 2.86. The Kier molecular flexibility index (Phi) is 4.75. The van der Waals surface area contributed by atoms with E-state index in [-0.39, 0.29) is 0 Å². The van der Waals surface area contributed by atoms with E-state index in [1.165, 1.54) is 10.4 Å². The van der Waals surface area contributed by atoms with E-state index in [4.69, 9.17) is 17.3 Å². The third-order valence-electron chi connectivity index (χ3n) is 3.71. The number of anilines is 1. The number of nitrogen functional groups attached to an aromatic ring is 1. The molecule has 1 aromatic heterocycles. The molecule has 0 radical (unpaired) electrons. The van der Waals surface area contributed by atoms with Crippen molar-refractivity contribution in [3.8, 4) is 0 Å². The maximum atomic E-state index is 6.04. The van der Waals surface area contributed by atoms with Gasteiger partial charge in [-0.15, -0.1) is 11.3 Å². The smallest absolute Gasteiger partial charge is 0.180 e. The summed E-state index contributed by atoms with van der Waals surface area (Å²) in [5.41, 5.74) is 6.96. The van der Waals surface area contributed by atoms with Gasteiger partial charge in [0.15, 0.2) is 5.13 Å². The summed E-state index contributed by atoms with van der Waals surface area (Å²) >= 11 is 7.62. The molecule has 1 saturated heterocycles. The van der Waals surface area contributed by atoms with E-state index in [2.05, 4.69) is 20.9 Å². The van der Waals surface area contributed by atoms with Crippen LogP contribution in [0.5, 0.6) is 0 Å². The first-order chi connectivity index (χ1) is 10.2. The molecule has 0 atom stereocenters. The largest absolute Gasteiger partial charge is 0.375 e. The number of hydrogen-bond donors (Lipinski definition) is 1. The summed E-state index contributed by atoms with van der Waals surface area (Å²) in [6.07, 6.45) is 1.89. The average molecular weight is 323 g/mol. The summed E-state index contributed by atoms with van der Waals surface area (Å²) in [5.74, 6) is 0. The number of rotatable bonds is 4. The third-order valence-corrected chi connectivity index (χ3v) is 4.76. The van der Waals surface area contributed by atoms with Gasteiger partial charge in [0.2, 0.25) is 0 Å². The Morgan fingerprint density at radius 1 is 1.14 bits per heavy atom. The first-order valence-corrected chi connectivity index (χ1v) is 8.28. The molecule has 112 valence electrons. The van der Waals surface area contributed by atoms with Crippen LogP contribution < -0.4 is 5.73 Å². The van der Waals surface area contributed by atoms with Gasteiger partial charge in [0.05, 0.1) is 0 Å². The fourth-order valence-electron chi connectivity index (χ4n) is 2.62. The number of hydrogen-bond acceptors (Lipinski definition) is 5. The van der Waals surface area contributed by atoms with Gasteiger partial charge in [-0.2, -0.15) is 0 Å². The van der Waals surface area contributed by atoms with Gasteiger partial charge in [0.25, 0.3) is 0 Å². The Labute approximate surface area is 134 Å². The highest BCUT2D eigenvalue weighted by Crippen LogP contribution is 2.18. The lowest BCUT2D eigenvalue weighted by molar-refractivity contribution is 0.123. The zero-order chi connectivity index (χ0) is 14.7. The Morgan fingerprint density at radius 3 is 2.48 bits per heavy atom. The molecule has 0 bridgehead atoms. The number of halogens is 1.